The first-order valence-electron chi connectivity index (χ1n) is 5.02. The van der Waals surface area contributed by atoms with Crippen molar-refractivity contribution < 1.29 is 8.42 Å². The molecule has 0 atom stereocenters. The topological polar surface area (TPSA) is 81.2 Å². The van der Waals surface area contributed by atoms with Gasteiger partial charge in [-0.15, -0.1) is 0 Å². The van der Waals surface area contributed by atoms with Crippen molar-refractivity contribution in [2.45, 2.75) is 18.2 Å². The fourth-order valence-electron chi connectivity index (χ4n) is 1.55. The molecule has 0 spiro atoms. The molecule has 1 heterocycles. The molecule has 0 aliphatic carbocycles. The van der Waals surface area contributed by atoms with E-state index in [1.807, 2.05) is 6.92 Å². The minimum Gasteiger partial charge on any atom is -0.383 e. The van der Waals surface area contributed by atoms with Gasteiger partial charge in [-0.1, -0.05) is 6.92 Å². The third-order valence-corrected chi connectivity index (χ3v) is 3.45. The van der Waals surface area contributed by atoms with E-state index in [9.17, 15) is 8.42 Å². The Balaban J connectivity index is 3.35. The monoisotopic (exact) mass is 246 g/mol. The van der Waals surface area contributed by atoms with E-state index in [1.54, 1.807) is 19.0 Å². The van der Waals surface area contributed by atoms with Gasteiger partial charge >= 0.3 is 0 Å². The maximum atomic E-state index is 11.6. The van der Waals surface area contributed by atoms with Crippen LogP contribution in [0.4, 0.5) is 11.6 Å². The van der Waals surface area contributed by atoms with Crippen LogP contribution in [0.15, 0.2) is 4.90 Å². The summed E-state index contributed by atoms with van der Waals surface area (Å²) in [7, 11) is 0.0811. The van der Waals surface area contributed by atoms with E-state index in [4.69, 9.17) is 5.73 Å². The summed E-state index contributed by atoms with van der Waals surface area (Å²) in [6, 6.07) is 0. The summed E-state index contributed by atoms with van der Waals surface area (Å²) in [5.74, 6) is 0.602. The van der Waals surface area contributed by atoms with Gasteiger partial charge in [0, 0.05) is 26.9 Å². The molecule has 0 bridgehead atoms. The number of sulfone groups is 1. The van der Waals surface area contributed by atoms with Crippen LogP contribution in [-0.4, -0.2) is 38.0 Å². The first-order valence-corrected chi connectivity index (χ1v) is 6.91. The van der Waals surface area contributed by atoms with Crippen LogP contribution in [-0.2, 0) is 16.9 Å². The molecule has 0 fully saturated rings. The van der Waals surface area contributed by atoms with Gasteiger partial charge < -0.3 is 10.6 Å². The second-order valence-corrected chi connectivity index (χ2v) is 5.81. The molecule has 1 aromatic rings. The zero-order valence-corrected chi connectivity index (χ0v) is 10.9. The van der Waals surface area contributed by atoms with Crippen LogP contribution < -0.4 is 10.6 Å². The average Bonchev–Trinajstić information content (AvgIpc) is 2.43. The summed E-state index contributed by atoms with van der Waals surface area (Å²) in [5, 5.41) is 4.13. The standard InChI is InChI=1S/C9H18N4O2S/c1-5-6-12(2)9-7(16(4,14)15)8(10)13(3)11-9/h5-6,10H2,1-4H3. The van der Waals surface area contributed by atoms with E-state index in [0.717, 1.165) is 19.2 Å². The molecule has 0 aliphatic rings. The molecule has 0 amide bonds. The predicted octanol–water partition coefficient (Wildman–Crippen LogP) is 0.252. The highest BCUT2D eigenvalue weighted by Gasteiger charge is 2.24. The van der Waals surface area contributed by atoms with Crippen molar-refractivity contribution in [1.82, 2.24) is 9.78 Å². The fourth-order valence-corrected chi connectivity index (χ4v) is 2.59. The van der Waals surface area contributed by atoms with Gasteiger partial charge in [0.05, 0.1) is 0 Å². The molecule has 0 radical (unpaired) electrons. The van der Waals surface area contributed by atoms with E-state index in [0.29, 0.717) is 5.82 Å². The summed E-state index contributed by atoms with van der Waals surface area (Å²) in [6.07, 6.45) is 2.06. The molecule has 2 N–H and O–H groups in total. The van der Waals surface area contributed by atoms with E-state index >= 15 is 0 Å². The Bertz CT molecular complexity index is 478. The number of anilines is 2. The minimum atomic E-state index is -3.36. The SMILES string of the molecule is CCCN(C)c1nn(C)c(N)c1S(C)(=O)=O. The Labute approximate surface area is 96.0 Å². The number of hydrogen-bond donors (Lipinski definition) is 1. The summed E-state index contributed by atoms with van der Waals surface area (Å²) >= 11 is 0. The van der Waals surface area contributed by atoms with E-state index in [-0.39, 0.29) is 10.7 Å². The second-order valence-electron chi connectivity index (χ2n) is 3.86. The molecule has 0 aromatic carbocycles. The minimum absolute atomic E-state index is 0.117. The number of nitrogens with zero attached hydrogens (tertiary/aromatic N) is 3. The third-order valence-electron chi connectivity index (χ3n) is 2.32. The van der Waals surface area contributed by atoms with Crippen LogP contribution in [0, 0.1) is 0 Å². The van der Waals surface area contributed by atoms with Crippen molar-refractivity contribution in [2.75, 3.05) is 30.5 Å². The zero-order chi connectivity index (χ0) is 12.5. The van der Waals surface area contributed by atoms with Gasteiger partial charge in [0.15, 0.2) is 20.6 Å². The third kappa shape index (κ3) is 2.29. The number of aryl methyl sites for hydroxylation is 1. The lowest BCUT2D eigenvalue weighted by atomic mass is 10.4. The van der Waals surface area contributed by atoms with Crippen LogP contribution in [0.2, 0.25) is 0 Å². The first kappa shape index (κ1) is 12.8. The molecule has 16 heavy (non-hydrogen) atoms. The van der Waals surface area contributed by atoms with Gasteiger partial charge in [-0.2, -0.15) is 5.10 Å². The Kier molecular flexibility index (Phi) is 3.47. The normalized spacial score (nSPS) is 11.8. The smallest absolute Gasteiger partial charge is 0.182 e. The summed E-state index contributed by atoms with van der Waals surface area (Å²) < 4.78 is 24.7. The van der Waals surface area contributed by atoms with Crippen LogP contribution in [0.25, 0.3) is 0 Å². The highest BCUT2D eigenvalue weighted by molar-refractivity contribution is 7.91. The quantitative estimate of drug-likeness (QED) is 0.823. The lowest BCUT2D eigenvalue weighted by molar-refractivity contribution is 0.602. The van der Waals surface area contributed by atoms with Gasteiger partial charge in [0.25, 0.3) is 0 Å². The first-order chi connectivity index (χ1) is 7.29. The summed E-state index contributed by atoms with van der Waals surface area (Å²) in [4.78, 5) is 1.91. The highest BCUT2D eigenvalue weighted by Crippen LogP contribution is 2.28. The van der Waals surface area contributed by atoms with Crippen molar-refractivity contribution in [1.29, 1.82) is 0 Å². The average molecular weight is 246 g/mol. The zero-order valence-electron chi connectivity index (χ0n) is 10.1. The molecule has 0 aliphatic heterocycles. The van der Waals surface area contributed by atoms with Gasteiger partial charge in [-0.25, -0.2) is 13.1 Å². The Morgan fingerprint density at radius 3 is 2.50 bits per heavy atom. The lowest BCUT2D eigenvalue weighted by Gasteiger charge is -2.16. The summed E-state index contributed by atoms with van der Waals surface area (Å²) in [5.41, 5.74) is 5.72. The number of rotatable bonds is 4. The molecule has 92 valence electrons. The number of nitrogens with two attached hydrogens (primary N) is 1. The van der Waals surface area contributed by atoms with Crippen LogP contribution in [0.1, 0.15) is 13.3 Å². The van der Waals surface area contributed by atoms with E-state index in [2.05, 4.69) is 5.10 Å². The van der Waals surface area contributed by atoms with Gasteiger partial charge in [0.2, 0.25) is 0 Å². The lowest BCUT2D eigenvalue weighted by Crippen LogP contribution is -2.20. The molecular weight excluding hydrogens is 228 g/mol. The highest BCUT2D eigenvalue weighted by atomic mass is 32.2. The number of hydrogen-bond acceptors (Lipinski definition) is 5. The van der Waals surface area contributed by atoms with Crippen LogP contribution >= 0.6 is 0 Å². The van der Waals surface area contributed by atoms with Crippen molar-refractivity contribution in [3.63, 3.8) is 0 Å². The molecule has 7 heteroatoms. The molecule has 0 unspecified atom stereocenters. The number of nitrogen functional groups attached to an aromatic ring is 1. The Morgan fingerprint density at radius 1 is 1.50 bits per heavy atom. The molecule has 0 saturated heterocycles. The predicted molar refractivity (Wildman–Crippen MR) is 64.3 cm³/mol. The molecule has 0 saturated carbocycles. The Morgan fingerprint density at radius 2 is 2.06 bits per heavy atom. The van der Waals surface area contributed by atoms with Crippen molar-refractivity contribution >= 4 is 21.5 Å². The largest absolute Gasteiger partial charge is 0.383 e. The van der Waals surface area contributed by atoms with Crippen molar-refractivity contribution in [3.05, 3.63) is 0 Å². The molecule has 1 aromatic heterocycles. The van der Waals surface area contributed by atoms with Gasteiger partial charge in [-0.3, -0.25) is 0 Å². The van der Waals surface area contributed by atoms with Crippen LogP contribution in [0.5, 0.6) is 0 Å². The number of aromatic nitrogens is 2. The maximum Gasteiger partial charge on any atom is 0.182 e. The molecule has 6 nitrogen and oxygen atoms in total. The van der Waals surface area contributed by atoms with E-state index in [1.165, 1.54) is 4.68 Å². The van der Waals surface area contributed by atoms with Crippen molar-refractivity contribution in [2.24, 2.45) is 7.05 Å². The summed E-state index contributed by atoms with van der Waals surface area (Å²) in [6.45, 7) is 2.75. The maximum absolute atomic E-state index is 11.6. The molecular formula is C9H18N4O2S. The molecule has 1 rings (SSSR count). The van der Waals surface area contributed by atoms with Gasteiger partial charge in [0.1, 0.15) is 5.82 Å². The van der Waals surface area contributed by atoms with Crippen molar-refractivity contribution in [3.8, 4) is 0 Å². The van der Waals surface area contributed by atoms with Crippen LogP contribution in [0.3, 0.4) is 0 Å². The van der Waals surface area contributed by atoms with Gasteiger partial charge in [-0.05, 0) is 6.42 Å². The fraction of sp³-hybridized carbons (Fsp3) is 0.667. The van der Waals surface area contributed by atoms with E-state index < -0.39 is 9.84 Å². The Hall–Kier alpha value is -1.24. The second kappa shape index (κ2) is 4.32.